The van der Waals surface area contributed by atoms with Crippen LogP contribution >= 0.6 is 0 Å². The van der Waals surface area contributed by atoms with Crippen LogP contribution in [0.2, 0.25) is 0 Å². The molecule has 0 saturated carbocycles. The molecule has 0 bridgehead atoms. The zero-order valence-corrected chi connectivity index (χ0v) is 9.78. The van der Waals surface area contributed by atoms with E-state index in [9.17, 15) is 0 Å². The lowest BCUT2D eigenvalue weighted by molar-refractivity contribution is 0.674. The first-order valence-electron chi connectivity index (χ1n) is 5.13. The van der Waals surface area contributed by atoms with Crippen molar-refractivity contribution < 1.29 is 0 Å². The fraction of sp³-hybridized carbons (Fsp3) is 0.538. The zero-order chi connectivity index (χ0) is 10.9. The van der Waals surface area contributed by atoms with E-state index >= 15 is 0 Å². The van der Waals surface area contributed by atoms with Gasteiger partial charge in [-0.1, -0.05) is 12.5 Å². The molecule has 0 aromatic rings. The second-order valence-electron chi connectivity index (χ2n) is 4.32. The van der Waals surface area contributed by atoms with Crippen molar-refractivity contribution in [3.63, 3.8) is 0 Å². The molecule has 1 nitrogen and oxygen atoms in total. The maximum absolute atomic E-state index is 7.72. The molecule has 1 N–H and O–H groups in total. The third kappa shape index (κ3) is 2.05. The average Bonchev–Trinajstić information content (AvgIpc) is 2.18. The van der Waals surface area contributed by atoms with E-state index in [1.807, 2.05) is 6.92 Å². The quantitative estimate of drug-likeness (QED) is 0.478. The van der Waals surface area contributed by atoms with E-state index in [0.717, 1.165) is 12.0 Å². The van der Waals surface area contributed by atoms with E-state index < -0.39 is 0 Å². The summed E-state index contributed by atoms with van der Waals surface area (Å²) < 4.78 is 0. The van der Waals surface area contributed by atoms with Crippen molar-refractivity contribution in [2.45, 2.75) is 41.0 Å². The highest BCUT2D eigenvalue weighted by Gasteiger charge is 2.14. The Kier molecular flexibility index (Phi) is 3.13. The van der Waals surface area contributed by atoms with Crippen LogP contribution in [0.1, 0.15) is 41.0 Å². The van der Waals surface area contributed by atoms with Gasteiger partial charge in [0.25, 0.3) is 0 Å². The average molecular weight is 189 g/mol. The number of rotatable bonds is 1. The maximum atomic E-state index is 7.72. The maximum Gasteiger partial charge on any atom is 0.0435 e. The highest BCUT2D eigenvalue weighted by molar-refractivity contribution is 5.99. The predicted molar refractivity (Wildman–Crippen MR) is 61.8 cm³/mol. The van der Waals surface area contributed by atoms with Gasteiger partial charge in [0.2, 0.25) is 0 Å². The van der Waals surface area contributed by atoms with Gasteiger partial charge >= 0.3 is 0 Å². The Hall–Kier alpha value is -1.07. The summed E-state index contributed by atoms with van der Waals surface area (Å²) in [7, 11) is 0. The van der Waals surface area contributed by atoms with E-state index in [4.69, 9.17) is 5.41 Å². The third-order valence-electron chi connectivity index (χ3n) is 3.06. The summed E-state index contributed by atoms with van der Waals surface area (Å²) in [6.07, 6.45) is 1.10. The Morgan fingerprint density at radius 3 is 2.43 bits per heavy atom. The van der Waals surface area contributed by atoms with Crippen LogP contribution in [-0.4, -0.2) is 5.71 Å². The number of nitrogens with one attached hydrogen (secondary N) is 1. The van der Waals surface area contributed by atoms with Crippen molar-refractivity contribution in [1.29, 1.82) is 5.41 Å². The fourth-order valence-electron chi connectivity index (χ4n) is 1.77. The first kappa shape index (κ1) is 11.0. The topological polar surface area (TPSA) is 23.9 Å². The molecule has 1 aliphatic rings. The summed E-state index contributed by atoms with van der Waals surface area (Å²) in [5.41, 5.74) is 8.87. The molecule has 0 aromatic carbocycles. The van der Waals surface area contributed by atoms with Gasteiger partial charge in [-0.2, -0.15) is 0 Å². The first-order valence-corrected chi connectivity index (χ1v) is 5.13. The highest BCUT2D eigenvalue weighted by atomic mass is 14.4. The first-order chi connectivity index (χ1) is 6.43. The summed E-state index contributed by atoms with van der Waals surface area (Å²) in [5, 5.41) is 7.72. The van der Waals surface area contributed by atoms with Crippen LogP contribution in [0.4, 0.5) is 0 Å². The fourth-order valence-corrected chi connectivity index (χ4v) is 1.77. The van der Waals surface area contributed by atoms with Crippen LogP contribution < -0.4 is 0 Å². The zero-order valence-electron chi connectivity index (χ0n) is 9.78. The molecular weight excluding hydrogens is 170 g/mol. The minimum Gasteiger partial charge on any atom is -0.304 e. The number of allylic oxidation sites excluding steroid dienone is 3. The minimum atomic E-state index is 0.557. The van der Waals surface area contributed by atoms with Crippen LogP contribution in [0.3, 0.4) is 0 Å². The summed E-state index contributed by atoms with van der Waals surface area (Å²) in [6.45, 7) is 10.4. The number of hydrogen-bond donors (Lipinski definition) is 1. The monoisotopic (exact) mass is 189 g/mol. The third-order valence-corrected chi connectivity index (χ3v) is 3.06. The molecule has 0 saturated heterocycles. The molecule has 0 aromatic heterocycles. The lowest BCUT2D eigenvalue weighted by atomic mass is 9.95. The van der Waals surface area contributed by atoms with Gasteiger partial charge in [-0.25, -0.2) is 0 Å². The molecule has 0 spiro atoms. The molecule has 1 atom stereocenters. The largest absolute Gasteiger partial charge is 0.304 e. The Balaban J connectivity index is 3.38. The van der Waals surface area contributed by atoms with E-state index in [0.29, 0.717) is 11.6 Å². The molecule has 0 fully saturated rings. The standard InChI is InChI=1S/C13H19N/c1-8-6-10(3)11(4)13(12(5)14)7-9(8)2/h8,14H,6H2,1-5H3. The Morgan fingerprint density at radius 1 is 1.36 bits per heavy atom. The molecular formula is C13H19N. The van der Waals surface area contributed by atoms with Crippen LogP contribution in [0.25, 0.3) is 0 Å². The van der Waals surface area contributed by atoms with Crippen molar-refractivity contribution in [2.75, 3.05) is 0 Å². The van der Waals surface area contributed by atoms with Crippen LogP contribution in [0, 0.1) is 11.3 Å². The van der Waals surface area contributed by atoms with Crippen LogP contribution in [0.15, 0.2) is 28.0 Å². The lowest BCUT2D eigenvalue weighted by Crippen LogP contribution is -1.98. The molecule has 1 unspecified atom stereocenters. The molecule has 1 aliphatic carbocycles. The second kappa shape index (κ2) is 3.98. The molecule has 0 radical (unpaired) electrons. The molecule has 14 heavy (non-hydrogen) atoms. The van der Waals surface area contributed by atoms with Crippen molar-refractivity contribution in [1.82, 2.24) is 0 Å². The van der Waals surface area contributed by atoms with Gasteiger partial charge in [0, 0.05) is 11.3 Å². The minimum absolute atomic E-state index is 0.557. The van der Waals surface area contributed by atoms with Gasteiger partial charge in [-0.15, -0.1) is 5.73 Å². The SMILES string of the molecule is CC(=N)C1=C=C(C)C(C)CC(C)=C1C. The molecule has 1 heteroatoms. The smallest absolute Gasteiger partial charge is 0.0435 e. The number of hydrogen-bond acceptors (Lipinski definition) is 1. The Bertz CT molecular complexity index is 363. The molecule has 0 heterocycles. The van der Waals surface area contributed by atoms with E-state index in [1.54, 1.807) is 0 Å². The molecule has 0 aliphatic heterocycles. The summed E-state index contributed by atoms with van der Waals surface area (Å²) in [4.78, 5) is 0. The van der Waals surface area contributed by atoms with Gasteiger partial charge < -0.3 is 5.41 Å². The van der Waals surface area contributed by atoms with Gasteiger partial charge in [0.1, 0.15) is 0 Å². The van der Waals surface area contributed by atoms with Gasteiger partial charge in [0.15, 0.2) is 0 Å². The normalized spacial score (nSPS) is 22.8. The van der Waals surface area contributed by atoms with Crippen LogP contribution in [0.5, 0.6) is 0 Å². The van der Waals surface area contributed by atoms with E-state index in [2.05, 4.69) is 33.4 Å². The van der Waals surface area contributed by atoms with Crippen molar-refractivity contribution >= 4 is 5.71 Å². The van der Waals surface area contributed by atoms with Crippen molar-refractivity contribution in [2.24, 2.45) is 5.92 Å². The van der Waals surface area contributed by atoms with Crippen LogP contribution in [-0.2, 0) is 0 Å². The summed E-state index contributed by atoms with van der Waals surface area (Å²) in [5.74, 6) is 0.557. The predicted octanol–water partition coefficient (Wildman–Crippen LogP) is 3.87. The Morgan fingerprint density at radius 2 is 1.93 bits per heavy atom. The van der Waals surface area contributed by atoms with Gasteiger partial charge in [-0.05, 0) is 51.2 Å². The molecule has 1 rings (SSSR count). The van der Waals surface area contributed by atoms with E-state index in [-0.39, 0.29) is 0 Å². The molecule has 76 valence electrons. The molecule has 0 amide bonds. The van der Waals surface area contributed by atoms with E-state index in [1.165, 1.54) is 16.7 Å². The van der Waals surface area contributed by atoms with Crippen molar-refractivity contribution in [3.05, 3.63) is 28.0 Å². The van der Waals surface area contributed by atoms with Crippen molar-refractivity contribution in [3.8, 4) is 0 Å². The van der Waals surface area contributed by atoms with Gasteiger partial charge in [0.05, 0.1) is 0 Å². The second-order valence-corrected chi connectivity index (χ2v) is 4.32. The summed E-state index contributed by atoms with van der Waals surface area (Å²) >= 11 is 0. The Labute approximate surface area is 86.7 Å². The summed E-state index contributed by atoms with van der Waals surface area (Å²) in [6, 6.07) is 0. The highest BCUT2D eigenvalue weighted by Crippen LogP contribution is 2.27. The van der Waals surface area contributed by atoms with Gasteiger partial charge in [-0.3, -0.25) is 0 Å². The lowest BCUT2D eigenvalue weighted by Gasteiger charge is -2.10.